The molecule has 0 heterocycles. The van der Waals surface area contributed by atoms with Crippen LogP contribution in [-0.4, -0.2) is 37.2 Å². The Morgan fingerprint density at radius 3 is 0.920 bits per heavy atom. The van der Waals surface area contributed by atoms with Crippen LogP contribution in [0.25, 0.3) is 0 Å². The van der Waals surface area contributed by atoms with Crippen LogP contribution in [-0.2, 0) is 28.6 Å². The lowest BCUT2D eigenvalue weighted by Crippen LogP contribution is -2.30. The SMILES string of the molecule is CC/C=C\C/C=C\C/C=C\C/C=C\C/C=C\C/C=C\C/C=C\C/C=C\C/C=C\CCCC(=O)OCC(COC(=O)CCCCCCC/C=C\CCCC)OC(=O)CCCCCCCCC/C=C\CCCCCCCC. The fourth-order valence-electron chi connectivity index (χ4n) is 8.01. The highest BCUT2D eigenvalue weighted by molar-refractivity contribution is 5.71. The maximum absolute atomic E-state index is 12.9. The van der Waals surface area contributed by atoms with E-state index in [1.807, 2.05) is 0 Å². The first-order valence-electron chi connectivity index (χ1n) is 30.7. The molecule has 0 radical (unpaired) electrons. The molecule has 424 valence electrons. The number of allylic oxidation sites excluding steroid dienone is 22. The van der Waals surface area contributed by atoms with Gasteiger partial charge in [0.25, 0.3) is 0 Å². The van der Waals surface area contributed by atoms with Gasteiger partial charge in [0.05, 0.1) is 0 Å². The molecule has 0 rings (SSSR count). The van der Waals surface area contributed by atoms with Gasteiger partial charge in [-0.25, -0.2) is 0 Å². The van der Waals surface area contributed by atoms with E-state index < -0.39 is 6.10 Å². The van der Waals surface area contributed by atoms with E-state index in [4.69, 9.17) is 14.2 Å². The van der Waals surface area contributed by atoms with Crippen molar-refractivity contribution in [2.45, 2.75) is 271 Å². The average Bonchev–Trinajstić information content (AvgIpc) is 3.41. The van der Waals surface area contributed by atoms with E-state index in [0.29, 0.717) is 19.3 Å². The largest absolute Gasteiger partial charge is 0.462 e. The summed E-state index contributed by atoms with van der Waals surface area (Å²) in [5.74, 6) is -0.983. The zero-order valence-corrected chi connectivity index (χ0v) is 48.5. The maximum Gasteiger partial charge on any atom is 0.306 e. The normalized spacial score (nSPS) is 13.1. The molecule has 0 saturated carbocycles. The Kier molecular flexibility index (Phi) is 58.4. The van der Waals surface area contributed by atoms with Gasteiger partial charge in [-0.2, -0.15) is 0 Å². The van der Waals surface area contributed by atoms with Gasteiger partial charge in [0.15, 0.2) is 6.10 Å². The van der Waals surface area contributed by atoms with E-state index >= 15 is 0 Å². The number of ether oxygens (including phenoxy) is 3. The van der Waals surface area contributed by atoms with E-state index in [-0.39, 0.29) is 37.5 Å². The number of carbonyl (C=O) groups is 3. The van der Waals surface area contributed by atoms with Crippen LogP contribution in [0.4, 0.5) is 0 Å². The standard InChI is InChI=1S/C69H112O6/c1-4-7-10-13-16-19-22-24-26-28-29-30-31-32-33-34-35-36-37-38-39-41-42-44-47-50-53-56-59-62-68(71)74-65-66(64-73-67(70)61-58-55-52-49-46-21-18-15-12-9-6-3)75-69(72)63-60-57-54-51-48-45-43-40-27-25-23-20-17-14-11-8-5-2/h7,10,15-16,18-19,24-27,29-30,32-33,35-36,38-39,42,44,50,53,66H,4-6,8-9,11-14,17,20-23,28,31,34,37,40-41,43,45-49,51-52,54-65H2,1-3H3/b10-7-,18-15-,19-16-,26-24-,27-25-,30-29-,33-32-,36-35-,39-38-,44-42-,53-50-. The molecule has 0 aromatic rings. The number of esters is 3. The molecular weight excluding hydrogens is 925 g/mol. The topological polar surface area (TPSA) is 78.9 Å². The van der Waals surface area contributed by atoms with Gasteiger partial charge >= 0.3 is 17.9 Å². The molecule has 0 spiro atoms. The van der Waals surface area contributed by atoms with Crippen LogP contribution in [0.1, 0.15) is 265 Å². The summed E-state index contributed by atoms with van der Waals surface area (Å²) in [5, 5.41) is 0. The van der Waals surface area contributed by atoms with E-state index in [1.165, 1.54) is 103 Å². The van der Waals surface area contributed by atoms with Crippen LogP contribution in [0.2, 0.25) is 0 Å². The Labute approximate surface area is 462 Å². The molecule has 0 aromatic heterocycles. The molecule has 0 aliphatic heterocycles. The highest BCUT2D eigenvalue weighted by atomic mass is 16.6. The third-order valence-corrected chi connectivity index (χ3v) is 12.6. The van der Waals surface area contributed by atoms with Crippen molar-refractivity contribution in [2.24, 2.45) is 0 Å². The third-order valence-electron chi connectivity index (χ3n) is 12.6. The van der Waals surface area contributed by atoms with E-state index in [2.05, 4.69) is 154 Å². The first-order chi connectivity index (χ1) is 37.0. The summed E-state index contributed by atoms with van der Waals surface area (Å²) in [6.45, 7) is 6.42. The minimum absolute atomic E-state index is 0.105. The summed E-state index contributed by atoms with van der Waals surface area (Å²) in [5.41, 5.74) is 0. The number of hydrogen-bond acceptors (Lipinski definition) is 6. The quantitative estimate of drug-likeness (QED) is 0.0261. The molecule has 0 aliphatic carbocycles. The fraction of sp³-hybridized carbons (Fsp3) is 0.638. The van der Waals surface area contributed by atoms with E-state index in [0.717, 1.165) is 116 Å². The molecule has 0 aliphatic rings. The van der Waals surface area contributed by atoms with Gasteiger partial charge in [0.1, 0.15) is 13.2 Å². The summed E-state index contributed by atoms with van der Waals surface area (Å²) in [7, 11) is 0. The Morgan fingerprint density at radius 1 is 0.280 bits per heavy atom. The highest BCUT2D eigenvalue weighted by Crippen LogP contribution is 2.14. The summed E-state index contributed by atoms with van der Waals surface area (Å²) in [6.07, 6.45) is 87.4. The smallest absolute Gasteiger partial charge is 0.306 e. The maximum atomic E-state index is 12.9. The fourth-order valence-corrected chi connectivity index (χ4v) is 8.01. The second kappa shape index (κ2) is 62.1. The molecule has 6 heteroatoms. The second-order valence-corrected chi connectivity index (χ2v) is 19.9. The Morgan fingerprint density at radius 2 is 0.547 bits per heavy atom. The lowest BCUT2D eigenvalue weighted by Gasteiger charge is -2.18. The highest BCUT2D eigenvalue weighted by Gasteiger charge is 2.19. The van der Waals surface area contributed by atoms with Gasteiger partial charge in [-0.3, -0.25) is 14.4 Å². The van der Waals surface area contributed by atoms with Crippen molar-refractivity contribution in [3.05, 3.63) is 134 Å². The van der Waals surface area contributed by atoms with Crippen LogP contribution in [0.5, 0.6) is 0 Å². The van der Waals surface area contributed by atoms with Gasteiger partial charge in [0.2, 0.25) is 0 Å². The molecule has 0 amide bonds. The number of carbonyl (C=O) groups excluding carboxylic acids is 3. The summed E-state index contributed by atoms with van der Waals surface area (Å²) < 4.78 is 16.8. The first-order valence-corrected chi connectivity index (χ1v) is 30.7. The van der Waals surface area contributed by atoms with Gasteiger partial charge in [-0.15, -0.1) is 0 Å². The molecule has 0 N–H and O–H groups in total. The number of hydrogen-bond donors (Lipinski definition) is 0. The van der Waals surface area contributed by atoms with Crippen LogP contribution < -0.4 is 0 Å². The van der Waals surface area contributed by atoms with Crippen LogP contribution in [0, 0.1) is 0 Å². The minimum atomic E-state index is -0.811. The van der Waals surface area contributed by atoms with Gasteiger partial charge in [-0.05, 0) is 128 Å². The van der Waals surface area contributed by atoms with Crippen molar-refractivity contribution in [3.8, 4) is 0 Å². The molecule has 0 aromatic carbocycles. The number of unbranched alkanes of at least 4 members (excludes halogenated alkanes) is 21. The zero-order chi connectivity index (χ0) is 54.3. The molecule has 0 fully saturated rings. The van der Waals surface area contributed by atoms with Crippen molar-refractivity contribution < 1.29 is 28.6 Å². The van der Waals surface area contributed by atoms with E-state index in [1.54, 1.807) is 0 Å². The van der Waals surface area contributed by atoms with Crippen molar-refractivity contribution in [3.63, 3.8) is 0 Å². The molecule has 0 bridgehead atoms. The molecule has 0 saturated heterocycles. The summed E-state index contributed by atoms with van der Waals surface area (Å²) in [4.78, 5) is 38.1. The van der Waals surface area contributed by atoms with Gasteiger partial charge in [-0.1, -0.05) is 251 Å². The second-order valence-electron chi connectivity index (χ2n) is 19.9. The lowest BCUT2D eigenvalue weighted by molar-refractivity contribution is -0.167. The van der Waals surface area contributed by atoms with E-state index in [9.17, 15) is 14.4 Å². The van der Waals surface area contributed by atoms with Gasteiger partial charge in [0, 0.05) is 19.3 Å². The van der Waals surface area contributed by atoms with Crippen LogP contribution in [0.3, 0.4) is 0 Å². The molecular formula is C69H112O6. The Bertz CT molecular complexity index is 1620. The summed E-state index contributed by atoms with van der Waals surface area (Å²) >= 11 is 0. The monoisotopic (exact) mass is 1040 g/mol. The van der Waals surface area contributed by atoms with Crippen molar-refractivity contribution >= 4 is 17.9 Å². The van der Waals surface area contributed by atoms with Gasteiger partial charge < -0.3 is 14.2 Å². The van der Waals surface area contributed by atoms with Crippen LogP contribution >= 0.6 is 0 Å². The van der Waals surface area contributed by atoms with Crippen molar-refractivity contribution in [2.75, 3.05) is 13.2 Å². The first kappa shape index (κ1) is 70.5. The summed E-state index contributed by atoms with van der Waals surface area (Å²) in [6, 6.07) is 0. The predicted octanol–water partition coefficient (Wildman–Crippen LogP) is 21.0. The third kappa shape index (κ3) is 60.3. The minimum Gasteiger partial charge on any atom is -0.462 e. The van der Waals surface area contributed by atoms with Crippen molar-refractivity contribution in [1.82, 2.24) is 0 Å². The number of rotatable bonds is 54. The molecule has 6 nitrogen and oxygen atoms in total. The molecule has 75 heavy (non-hydrogen) atoms. The lowest BCUT2D eigenvalue weighted by atomic mass is 10.1. The zero-order valence-electron chi connectivity index (χ0n) is 48.5. The predicted molar refractivity (Wildman–Crippen MR) is 325 cm³/mol. The Hall–Kier alpha value is -4.45. The van der Waals surface area contributed by atoms with Crippen molar-refractivity contribution in [1.29, 1.82) is 0 Å². The Balaban J connectivity index is 4.42. The molecule has 1 atom stereocenters. The molecule has 1 unspecified atom stereocenters. The average molecular weight is 1040 g/mol. The van der Waals surface area contributed by atoms with Crippen LogP contribution in [0.15, 0.2) is 134 Å².